The SMILES string of the molecule is CC(C)(C)OC(=O)N1CCC(CCNC2CCNC2)C1. The molecular weight excluding hydrogens is 254 g/mol. The van der Waals surface area contributed by atoms with Gasteiger partial charge >= 0.3 is 6.09 Å². The summed E-state index contributed by atoms with van der Waals surface area (Å²) in [6.07, 6.45) is 3.32. The Morgan fingerprint density at radius 2 is 2.20 bits per heavy atom. The Morgan fingerprint density at radius 3 is 2.85 bits per heavy atom. The molecule has 2 saturated heterocycles. The predicted octanol–water partition coefficient (Wildman–Crippen LogP) is 1.59. The Hall–Kier alpha value is -0.810. The average Bonchev–Trinajstić information content (AvgIpc) is 2.97. The van der Waals surface area contributed by atoms with Gasteiger partial charge in [0, 0.05) is 25.7 Å². The van der Waals surface area contributed by atoms with Crippen molar-refractivity contribution in [3.05, 3.63) is 0 Å². The molecule has 0 aromatic heterocycles. The maximum absolute atomic E-state index is 12.0. The lowest BCUT2D eigenvalue weighted by Gasteiger charge is -2.24. The normalized spacial score (nSPS) is 27.1. The highest BCUT2D eigenvalue weighted by atomic mass is 16.6. The molecular formula is C15H29N3O2. The number of carbonyl (C=O) groups is 1. The number of likely N-dealkylation sites (tertiary alicyclic amines) is 1. The molecule has 0 aliphatic carbocycles. The monoisotopic (exact) mass is 283 g/mol. The van der Waals surface area contributed by atoms with E-state index in [0.717, 1.165) is 45.6 Å². The van der Waals surface area contributed by atoms with Crippen LogP contribution in [-0.4, -0.2) is 55.4 Å². The molecule has 0 bridgehead atoms. The number of carbonyl (C=O) groups excluding carboxylic acids is 1. The van der Waals surface area contributed by atoms with E-state index in [1.54, 1.807) is 0 Å². The molecule has 20 heavy (non-hydrogen) atoms. The standard InChI is InChI=1S/C15H29N3O2/c1-15(2,3)20-14(19)18-9-6-12(11-18)4-8-17-13-5-7-16-10-13/h12-13,16-17H,4-11H2,1-3H3. The van der Waals surface area contributed by atoms with Gasteiger partial charge in [-0.15, -0.1) is 0 Å². The van der Waals surface area contributed by atoms with Gasteiger partial charge in [-0.25, -0.2) is 4.79 Å². The van der Waals surface area contributed by atoms with Crippen LogP contribution in [-0.2, 0) is 4.74 Å². The van der Waals surface area contributed by atoms with E-state index in [4.69, 9.17) is 4.74 Å². The maximum Gasteiger partial charge on any atom is 0.410 e. The fourth-order valence-electron chi connectivity index (χ4n) is 2.88. The van der Waals surface area contributed by atoms with Crippen LogP contribution in [0.4, 0.5) is 4.79 Å². The Balaban J connectivity index is 1.63. The Bertz CT molecular complexity index is 322. The zero-order valence-electron chi connectivity index (χ0n) is 13.1. The van der Waals surface area contributed by atoms with Crippen molar-refractivity contribution in [1.29, 1.82) is 0 Å². The van der Waals surface area contributed by atoms with Gasteiger partial charge in [-0.05, 0) is 59.0 Å². The van der Waals surface area contributed by atoms with Gasteiger partial charge in [0.15, 0.2) is 0 Å². The number of hydrogen-bond donors (Lipinski definition) is 2. The topological polar surface area (TPSA) is 53.6 Å². The van der Waals surface area contributed by atoms with Crippen molar-refractivity contribution in [2.24, 2.45) is 5.92 Å². The first-order chi connectivity index (χ1) is 9.44. The summed E-state index contributed by atoms with van der Waals surface area (Å²) >= 11 is 0. The minimum absolute atomic E-state index is 0.159. The second kappa shape index (κ2) is 6.76. The summed E-state index contributed by atoms with van der Waals surface area (Å²) < 4.78 is 5.42. The van der Waals surface area contributed by atoms with Crippen LogP contribution >= 0.6 is 0 Å². The van der Waals surface area contributed by atoms with Crippen molar-refractivity contribution in [2.75, 3.05) is 32.7 Å². The molecule has 2 rings (SSSR count). The lowest BCUT2D eigenvalue weighted by Crippen LogP contribution is -2.36. The molecule has 0 aromatic carbocycles. The summed E-state index contributed by atoms with van der Waals surface area (Å²) in [5, 5.41) is 6.96. The van der Waals surface area contributed by atoms with Gasteiger partial charge in [-0.2, -0.15) is 0 Å². The summed E-state index contributed by atoms with van der Waals surface area (Å²) in [7, 11) is 0. The van der Waals surface area contributed by atoms with Crippen LogP contribution in [0.3, 0.4) is 0 Å². The molecule has 5 nitrogen and oxygen atoms in total. The van der Waals surface area contributed by atoms with Crippen LogP contribution in [0.2, 0.25) is 0 Å². The van der Waals surface area contributed by atoms with E-state index in [2.05, 4.69) is 10.6 Å². The number of nitrogens with zero attached hydrogens (tertiary/aromatic N) is 1. The van der Waals surface area contributed by atoms with Gasteiger partial charge in [-0.1, -0.05) is 0 Å². The summed E-state index contributed by atoms with van der Waals surface area (Å²) in [6.45, 7) is 10.7. The van der Waals surface area contributed by atoms with E-state index in [1.165, 1.54) is 6.42 Å². The molecule has 1 amide bonds. The highest BCUT2D eigenvalue weighted by Crippen LogP contribution is 2.21. The number of rotatable bonds is 4. The first-order valence-corrected chi connectivity index (χ1v) is 7.86. The second-order valence-electron chi connectivity index (χ2n) is 7.01. The molecule has 2 fully saturated rings. The molecule has 116 valence electrons. The molecule has 0 spiro atoms. The summed E-state index contributed by atoms with van der Waals surface area (Å²) in [6, 6.07) is 0.637. The van der Waals surface area contributed by atoms with Crippen molar-refractivity contribution in [1.82, 2.24) is 15.5 Å². The minimum atomic E-state index is -0.397. The van der Waals surface area contributed by atoms with Crippen molar-refractivity contribution in [3.8, 4) is 0 Å². The van der Waals surface area contributed by atoms with Crippen molar-refractivity contribution < 1.29 is 9.53 Å². The van der Waals surface area contributed by atoms with E-state index in [-0.39, 0.29) is 6.09 Å². The van der Waals surface area contributed by atoms with E-state index in [9.17, 15) is 4.79 Å². The third-order valence-electron chi connectivity index (χ3n) is 3.98. The molecule has 2 N–H and O–H groups in total. The summed E-state index contributed by atoms with van der Waals surface area (Å²) in [4.78, 5) is 13.8. The second-order valence-corrected chi connectivity index (χ2v) is 7.01. The maximum atomic E-state index is 12.0. The van der Waals surface area contributed by atoms with Gasteiger partial charge in [0.1, 0.15) is 5.60 Å². The molecule has 5 heteroatoms. The number of nitrogens with one attached hydrogen (secondary N) is 2. The van der Waals surface area contributed by atoms with Gasteiger partial charge in [0.05, 0.1) is 0 Å². The first kappa shape index (κ1) is 15.6. The van der Waals surface area contributed by atoms with E-state index in [1.807, 2.05) is 25.7 Å². The highest BCUT2D eigenvalue weighted by Gasteiger charge is 2.29. The van der Waals surface area contributed by atoms with Crippen molar-refractivity contribution in [2.45, 2.75) is 51.7 Å². The molecule has 2 unspecified atom stereocenters. The Kier molecular flexibility index (Phi) is 5.27. The molecule has 0 radical (unpaired) electrons. The number of amides is 1. The number of hydrogen-bond acceptors (Lipinski definition) is 4. The average molecular weight is 283 g/mol. The molecule has 0 aromatic rings. The van der Waals surface area contributed by atoms with Gasteiger partial charge in [0.25, 0.3) is 0 Å². The van der Waals surface area contributed by atoms with Crippen LogP contribution in [0.15, 0.2) is 0 Å². The van der Waals surface area contributed by atoms with Crippen molar-refractivity contribution >= 4 is 6.09 Å². The molecule has 2 atom stereocenters. The largest absolute Gasteiger partial charge is 0.444 e. The third-order valence-corrected chi connectivity index (χ3v) is 3.98. The highest BCUT2D eigenvalue weighted by molar-refractivity contribution is 5.68. The number of ether oxygens (including phenoxy) is 1. The van der Waals surface area contributed by atoms with E-state index < -0.39 is 5.60 Å². The van der Waals surface area contributed by atoms with Crippen LogP contribution in [0.25, 0.3) is 0 Å². The predicted molar refractivity (Wildman–Crippen MR) is 79.8 cm³/mol. The fourth-order valence-corrected chi connectivity index (χ4v) is 2.88. The Morgan fingerprint density at radius 1 is 1.40 bits per heavy atom. The van der Waals surface area contributed by atoms with Crippen LogP contribution in [0, 0.1) is 5.92 Å². The van der Waals surface area contributed by atoms with Crippen LogP contribution in [0.5, 0.6) is 0 Å². The van der Waals surface area contributed by atoms with Gasteiger partial charge in [-0.3, -0.25) is 0 Å². The molecule has 0 saturated carbocycles. The summed E-state index contributed by atoms with van der Waals surface area (Å²) in [5.41, 5.74) is -0.397. The Labute approximate surface area is 122 Å². The van der Waals surface area contributed by atoms with Gasteiger partial charge < -0.3 is 20.3 Å². The quantitative estimate of drug-likeness (QED) is 0.822. The fraction of sp³-hybridized carbons (Fsp3) is 0.933. The molecule has 2 aliphatic heterocycles. The van der Waals surface area contributed by atoms with Crippen molar-refractivity contribution in [3.63, 3.8) is 0 Å². The smallest absolute Gasteiger partial charge is 0.410 e. The molecule has 2 heterocycles. The lowest BCUT2D eigenvalue weighted by atomic mass is 10.1. The lowest BCUT2D eigenvalue weighted by molar-refractivity contribution is 0.0287. The van der Waals surface area contributed by atoms with Crippen LogP contribution in [0.1, 0.15) is 40.0 Å². The van der Waals surface area contributed by atoms with Crippen LogP contribution < -0.4 is 10.6 Å². The van der Waals surface area contributed by atoms with E-state index in [0.29, 0.717) is 12.0 Å². The first-order valence-electron chi connectivity index (χ1n) is 7.86. The zero-order chi connectivity index (χ0) is 14.6. The summed E-state index contributed by atoms with van der Waals surface area (Å²) in [5.74, 6) is 0.615. The zero-order valence-corrected chi connectivity index (χ0v) is 13.1. The van der Waals surface area contributed by atoms with Gasteiger partial charge in [0.2, 0.25) is 0 Å². The van der Waals surface area contributed by atoms with E-state index >= 15 is 0 Å². The molecule has 2 aliphatic rings. The third kappa shape index (κ3) is 4.94. The minimum Gasteiger partial charge on any atom is -0.444 e.